The van der Waals surface area contributed by atoms with Crippen LogP contribution < -0.4 is 20.3 Å². The molecule has 2 N–H and O–H groups in total. The number of hydrogen-bond acceptors (Lipinski definition) is 4. The molecule has 7 nitrogen and oxygen atoms in total. The summed E-state index contributed by atoms with van der Waals surface area (Å²) in [7, 11) is 3.34. The van der Waals surface area contributed by atoms with Crippen LogP contribution in [0.3, 0.4) is 0 Å². The summed E-state index contributed by atoms with van der Waals surface area (Å²) in [5.41, 5.74) is 3.02. The highest BCUT2D eigenvalue weighted by Crippen LogP contribution is 2.20. The number of guanidine groups is 1. The first-order valence-electron chi connectivity index (χ1n) is 10.9. The number of carbonyl (C=O) groups excluding carboxylic acids is 1. The van der Waals surface area contributed by atoms with E-state index in [1.807, 2.05) is 36.4 Å². The maximum absolute atomic E-state index is 11.8. The number of nitrogens with one attached hydrogen (secondary N) is 2. The van der Waals surface area contributed by atoms with Crippen molar-refractivity contribution in [2.24, 2.45) is 4.99 Å². The van der Waals surface area contributed by atoms with E-state index in [1.54, 1.807) is 14.2 Å². The van der Waals surface area contributed by atoms with Crippen LogP contribution in [0.2, 0.25) is 0 Å². The Bertz CT molecular complexity index is 880. The van der Waals surface area contributed by atoms with Gasteiger partial charge in [-0.25, -0.2) is 0 Å². The van der Waals surface area contributed by atoms with Gasteiger partial charge in [-0.3, -0.25) is 9.79 Å². The first-order valence-corrected chi connectivity index (χ1v) is 10.9. The van der Waals surface area contributed by atoms with Crippen molar-refractivity contribution in [3.8, 4) is 5.75 Å². The minimum atomic E-state index is -0.0616. The van der Waals surface area contributed by atoms with Crippen molar-refractivity contribution in [2.45, 2.75) is 13.3 Å². The van der Waals surface area contributed by atoms with Crippen LogP contribution in [0.15, 0.2) is 53.5 Å². The van der Waals surface area contributed by atoms with E-state index in [0.29, 0.717) is 12.1 Å². The summed E-state index contributed by atoms with van der Waals surface area (Å²) < 4.78 is 5.25. The highest BCUT2D eigenvalue weighted by molar-refractivity contribution is 14.0. The monoisotopic (exact) mass is 551 g/mol. The van der Waals surface area contributed by atoms with Gasteiger partial charge < -0.3 is 25.2 Å². The Balaban J connectivity index is 0.00000363. The molecular formula is C24H34IN5O2. The van der Waals surface area contributed by atoms with Gasteiger partial charge >= 0.3 is 0 Å². The van der Waals surface area contributed by atoms with Crippen LogP contribution in [0.1, 0.15) is 22.8 Å². The van der Waals surface area contributed by atoms with Crippen LogP contribution in [0.25, 0.3) is 0 Å². The molecule has 32 heavy (non-hydrogen) atoms. The zero-order chi connectivity index (χ0) is 22.1. The standard InChI is InChI=1S/C24H33N5O2.HI/c1-4-26-24(27-13-12-19-6-5-7-20(18-19)23(30)25-2)29-16-14-28(15-17-29)21-8-10-22(31-3)11-9-21;/h5-11,18H,4,12-17H2,1-3H3,(H,25,30)(H,26,27);1H. The number of ether oxygens (including phenoxy) is 1. The molecule has 1 amide bonds. The summed E-state index contributed by atoms with van der Waals surface area (Å²) in [5.74, 6) is 1.78. The van der Waals surface area contributed by atoms with Gasteiger partial charge in [0.15, 0.2) is 5.96 Å². The summed E-state index contributed by atoms with van der Waals surface area (Å²) in [6.45, 7) is 7.35. The van der Waals surface area contributed by atoms with Gasteiger partial charge in [0.1, 0.15) is 5.75 Å². The lowest BCUT2D eigenvalue weighted by Crippen LogP contribution is -2.52. The van der Waals surface area contributed by atoms with E-state index in [9.17, 15) is 4.79 Å². The number of methoxy groups -OCH3 is 1. The number of anilines is 1. The molecule has 1 aliphatic rings. The number of piperazine rings is 1. The number of amides is 1. The molecule has 1 saturated heterocycles. The molecule has 2 aromatic carbocycles. The molecule has 0 saturated carbocycles. The topological polar surface area (TPSA) is 69.2 Å². The highest BCUT2D eigenvalue weighted by Gasteiger charge is 2.19. The minimum absolute atomic E-state index is 0. The first kappa shape index (κ1) is 25.8. The summed E-state index contributed by atoms with van der Waals surface area (Å²) in [4.78, 5) is 21.4. The van der Waals surface area contributed by atoms with Crippen molar-refractivity contribution in [1.82, 2.24) is 15.5 Å². The van der Waals surface area contributed by atoms with Crippen molar-refractivity contribution >= 4 is 41.5 Å². The summed E-state index contributed by atoms with van der Waals surface area (Å²) >= 11 is 0. The average Bonchev–Trinajstić information content (AvgIpc) is 2.83. The van der Waals surface area contributed by atoms with Crippen LogP contribution >= 0.6 is 24.0 Å². The van der Waals surface area contributed by atoms with Crippen molar-refractivity contribution in [2.75, 3.05) is 58.3 Å². The predicted octanol–water partition coefficient (Wildman–Crippen LogP) is 3.00. The minimum Gasteiger partial charge on any atom is -0.497 e. The Labute approximate surface area is 208 Å². The molecule has 0 bridgehead atoms. The van der Waals surface area contributed by atoms with Gasteiger partial charge in [-0.2, -0.15) is 0 Å². The number of aliphatic imine (C=N–C) groups is 1. The average molecular weight is 551 g/mol. The molecule has 1 heterocycles. The van der Waals surface area contributed by atoms with E-state index in [0.717, 1.165) is 56.4 Å². The molecule has 3 rings (SSSR count). The summed E-state index contributed by atoms with van der Waals surface area (Å²) in [5, 5.41) is 6.09. The zero-order valence-electron chi connectivity index (χ0n) is 19.1. The van der Waals surface area contributed by atoms with E-state index in [2.05, 4.69) is 39.5 Å². The lowest BCUT2D eigenvalue weighted by Gasteiger charge is -2.37. The molecule has 0 radical (unpaired) electrons. The Morgan fingerprint density at radius 2 is 1.81 bits per heavy atom. The smallest absolute Gasteiger partial charge is 0.251 e. The lowest BCUT2D eigenvalue weighted by atomic mass is 10.1. The fourth-order valence-corrected chi connectivity index (χ4v) is 3.70. The third-order valence-electron chi connectivity index (χ3n) is 5.43. The highest BCUT2D eigenvalue weighted by atomic mass is 127. The third-order valence-corrected chi connectivity index (χ3v) is 5.43. The van der Waals surface area contributed by atoms with Gasteiger partial charge in [0.25, 0.3) is 5.91 Å². The van der Waals surface area contributed by atoms with E-state index in [4.69, 9.17) is 9.73 Å². The molecule has 0 aliphatic carbocycles. The van der Waals surface area contributed by atoms with Gasteiger partial charge in [0.05, 0.1) is 7.11 Å². The number of rotatable bonds is 7. The SMILES string of the molecule is CCNC(=NCCc1cccc(C(=O)NC)c1)N1CCN(c2ccc(OC)cc2)CC1.I. The van der Waals surface area contributed by atoms with Gasteiger partial charge in [0, 0.05) is 57.6 Å². The second kappa shape index (κ2) is 13.1. The molecule has 0 aromatic heterocycles. The fraction of sp³-hybridized carbons (Fsp3) is 0.417. The number of nitrogens with zero attached hydrogens (tertiary/aromatic N) is 3. The Morgan fingerprint density at radius 1 is 1.09 bits per heavy atom. The quantitative estimate of drug-likeness (QED) is 0.315. The largest absolute Gasteiger partial charge is 0.497 e. The molecule has 1 aliphatic heterocycles. The Kier molecular flexibility index (Phi) is 10.6. The predicted molar refractivity (Wildman–Crippen MR) is 142 cm³/mol. The lowest BCUT2D eigenvalue weighted by molar-refractivity contribution is 0.0963. The molecule has 0 atom stereocenters. The van der Waals surface area contributed by atoms with Crippen molar-refractivity contribution in [1.29, 1.82) is 0 Å². The van der Waals surface area contributed by atoms with Gasteiger partial charge in [-0.15, -0.1) is 24.0 Å². The molecule has 8 heteroatoms. The Morgan fingerprint density at radius 3 is 2.44 bits per heavy atom. The molecule has 1 fully saturated rings. The molecule has 0 spiro atoms. The van der Waals surface area contributed by atoms with Gasteiger partial charge in [-0.1, -0.05) is 12.1 Å². The van der Waals surface area contributed by atoms with Crippen LogP contribution in [0.5, 0.6) is 5.75 Å². The van der Waals surface area contributed by atoms with Crippen molar-refractivity contribution in [3.05, 3.63) is 59.7 Å². The molecule has 2 aromatic rings. The Hall–Kier alpha value is -2.49. The fourth-order valence-electron chi connectivity index (χ4n) is 3.70. The van der Waals surface area contributed by atoms with E-state index < -0.39 is 0 Å². The van der Waals surface area contributed by atoms with Gasteiger partial charge in [0.2, 0.25) is 0 Å². The van der Waals surface area contributed by atoms with Crippen molar-refractivity contribution in [3.63, 3.8) is 0 Å². The summed E-state index contributed by atoms with van der Waals surface area (Å²) in [6, 6.07) is 16.0. The van der Waals surface area contributed by atoms with E-state index in [-0.39, 0.29) is 29.9 Å². The molecule has 0 unspecified atom stereocenters. The van der Waals surface area contributed by atoms with E-state index in [1.165, 1.54) is 5.69 Å². The first-order chi connectivity index (χ1) is 15.1. The number of carbonyl (C=O) groups is 1. The summed E-state index contributed by atoms with van der Waals surface area (Å²) in [6.07, 6.45) is 0.797. The molecular weight excluding hydrogens is 517 g/mol. The number of halogens is 1. The maximum Gasteiger partial charge on any atom is 0.251 e. The zero-order valence-corrected chi connectivity index (χ0v) is 21.5. The third kappa shape index (κ3) is 7.01. The number of benzene rings is 2. The molecule has 174 valence electrons. The van der Waals surface area contributed by atoms with Gasteiger partial charge in [-0.05, 0) is 55.3 Å². The maximum atomic E-state index is 11.8. The van der Waals surface area contributed by atoms with E-state index >= 15 is 0 Å². The van der Waals surface area contributed by atoms with Crippen LogP contribution in [-0.4, -0.2) is 70.2 Å². The number of hydrogen-bond donors (Lipinski definition) is 2. The van der Waals surface area contributed by atoms with Crippen LogP contribution in [-0.2, 0) is 6.42 Å². The van der Waals surface area contributed by atoms with Crippen LogP contribution in [0, 0.1) is 0 Å². The van der Waals surface area contributed by atoms with Crippen LogP contribution in [0.4, 0.5) is 5.69 Å². The second-order valence-corrected chi connectivity index (χ2v) is 7.44. The second-order valence-electron chi connectivity index (χ2n) is 7.44. The normalized spacial score (nSPS) is 13.9. The van der Waals surface area contributed by atoms with Crippen molar-refractivity contribution < 1.29 is 9.53 Å².